The van der Waals surface area contributed by atoms with Crippen molar-refractivity contribution in [3.63, 3.8) is 0 Å². The Hall–Kier alpha value is -3.32. The summed E-state index contributed by atoms with van der Waals surface area (Å²) in [5, 5.41) is 13.5. The van der Waals surface area contributed by atoms with E-state index in [0.29, 0.717) is 5.56 Å². The van der Waals surface area contributed by atoms with Gasteiger partial charge in [0.05, 0.1) is 5.69 Å². The van der Waals surface area contributed by atoms with E-state index in [1.54, 1.807) is 0 Å². The van der Waals surface area contributed by atoms with Crippen molar-refractivity contribution in [2.75, 3.05) is 5.32 Å². The van der Waals surface area contributed by atoms with Crippen LogP contribution in [-0.2, 0) is 12.8 Å². The maximum absolute atomic E-state index is 9.84. The number of H-pyrrole nitrogens is 1. The minimum Gasteiger partial charge on any atom is -0.273 e. The number of para-hydroxylation sites is 2. The van der Waals surface area contributed by atoms with Gasteiger partial charge in [0.25, 0.3) is 0 Å². The number of hydrogen-bond acceptors (Lipinski definition) is 2. The predicted molar refractivity (Wildman–Crippen MR) is 119 cm³/mol. The number of hydrogen-bond donors (Lipinski definition) is 2. The summed E-state index contributed by atoms with van der Waals surface area (Å²) in [6, 6.07) is 19.3. The minimum absolute atomic E-state index is 0.707. The number of nitriles is 1. The zero-order chi connectivity index (χ0) is 20.4. The van der Waals surface area contributed by atoms with Gasteiger partial charge in [-0.3, -0.25) is 10.3 Å². The van der Waals surface area contributed by atoms with E-state index in [2.05, 4.69) is 71.0 Å². The van der Waals surface area contributed by atoms with E-state index in [4.69, 9.17) is 0 Å². The van der Waals surface area contributed by atoms with Crippen molar-refractivity contribution in [3.8, 4) is 6.07 Å². The molecule has 0 atom stereocenters. The van der Waals surface area contributed by atoms with Crippen molar-refractivity contribution in [1.82, 2.24) is 4.98 Å². The van der Waals surface area contributed by atoms with Crippen molar-refractivity contribution in [1.29, 1.82) is 5.26 Å². The van der Waals surface area contributed by atoms with Crippen LogP contribution in [-0.4, -0.2) is 4.98 Å². The molecule has 146 valence electrons. The average Bonchev–Trinajstić information content (AvgIpc) is 3.13. The third kappa shape index (κ3) is 3.34. The molecule has 0 bridgehead atoms. The molecule has 2 aromatic heterocycles. The van der Waals surface area contributed by atoms with E-state index in [9.17, 15) is 5.26 Å². The topological polar surface area (TPSA) is 55.7 Å². The van der Waals surface area contributed by atoms with Crippen molar-refractivity contribution >= 4 is 28.2 Å². The highest BCUT2D eigenvalue weighted by Crippen LogP contribution is 2.28. The highest BCUT2D eigenvalue weighted by atomic mass is 15.1. The summed E-state index contributed by atoms with van der Waals surface area (Å²) in [4.78, 5) is 3.45. The first kappa shape index (κ1) is 19.0. The molecule has 0 aliphatic carbocycles. The number of imidazole rings is 1. The quantitative estimate of drug-likeness (QED) is 0.417. The summed E-state index contributed by atoms with van der Waals surface area (Å²) in [6.45, 7) is 6.41. The van der Waals surface area contributed by atoms with E-state index in [1.165, 1.54) is 24.0 Å². The van der Waals surface area contributed by atoms with E-state index < -0.39 is 0 Å². The Kier molecular flexibility index (Phi) is 5.22. The molecule has 0 amide bonds. The van der Waals surface area contributed by atoms with Crippen molar-refractivity contribution in [2.45, 2.75) is 46.5 Å². The van der Waals surface area contributed by atoms with Crippen LogP contribution in [0.4, 0.5) is 11.5 Å². The molecule has 29 heavy (non-hydrogen) atoms. The van der Waals surface area contributed by atoms with Gasteiger partial charge in [0.2, 0.25) is 11.5 Å². The van der Waals surface area contributed by atoms with Crippen LogP contribution < -0.4 is 9.72 Å². The Balaban J connectivity index is 1.90. The van der Waals surface area contributed by atoms with Crippen LogP contribution in [0, 0.1) is 18.3 Å². The van der Waals surface area contributed by atoms with Gasteiger partial charge in [0, 0.05) is 5.56 Å². The van der Waals surface area contributed by atoms with Gasteiger partial charge in [-0.1, -0.05) is 44.5 Å². The van der Waals surface area contributed by atoms with Crippen LogP contribution in [0.5, 0.6) is 0 Å². The summed E-state index contributed by atoms with van der Waals surface area (Å²) in [6.07, 6.45) is 4.39. The third-order valence-corrected chi connectivity index (χ3v) is 5.70. The number of anilines is 2. The number of rotatable bonds is 6. The first-order chi connectivity index (χ1) is 14.2. The molecule has 4 aromatic rings. The molecule has 0 fully saturated rings. The number of aryl methyl sites for hydroxylation is 1. The lowest BCUT2D eigenvalue weighted by Gasteiger charge is -2.13. The molecule has 2 N–H and O–H groups in total. The molecule has 4 heteroatoms. The minimum atomic E-state index is 0.707. The fourth-order valence-electron chi connectivity index (χ4n) is 4.10. The molecule has 2 aromatic carbocycles. The number of nitrogens with one attached hydrogen (secondary N) is 2. The van der Waals surface area contributed by atoms with E-state index >= 15 is 0 Å². The number of pyridine rings is 1. The van der Waals surface area contributed by atoms with Crippen LogP contribution in [0.3, 0.4) is 0 Å². The largest absolute Gasteiger partial charge is 0.273 e. The number of aromatic amines is 1. The molecule has 2 heterocycles. The molecular weight excluding hydrogens is 356 g/mol. The van der Waals surface area contributed by atoms with Gasteiger partial charge in [0.15, 0.2) is 0 Å². The number of nitrogens with zero attached hydrogens (tertiary/aromatic N) is 2. The first-order valence-corrected chi connectivity index (χ1v) is 10.4. The zero-order valence-electron chi connectivity index (χ0n) is 17.3. The highest BCUT2D eigenvalue weighted by molar-refractivity contribution is 5.78. The zero-order valence-corrected chi connectivity index (χ0v) is 17.3. The molecule has 0 spiro atoms. The molecular formula is C25H27N4+. The summed E-state index contributed by atoms with van der Waals surface area (Å²) < 4.78 is 2.16. The Bertz CT molecular complexity index is 1210. The van der Waals surface area contributed by atoms with Gasteiger partial charge < -0.3 is 0 Å². The lowest BCUT2D eigenvalue weighted by atomic mass is 10.0. The van der Waals surface area contributed by atoms with Crippen LogP contribution >= 0.6 is 0 Å². The van der Waals surface area contributed by atoms with E-state index in [0.717, 1.165) is 46.6 Å². The average molecular weight is 384 g/mol. The van der Waals surface area contributed by atoms with Gasteiger partial charge >= 0.3 is 0 Å². The molecule has 4 rings (SSSR count). The number of unbranched alkanes of at least 4 members (excludes halogenated alkanes) is 1. The fourth-order valence-corrected chi connectivity index (χ4v) is 4.10. The van der Waals surface area contributed by atoms with Crippen LogP contribution in [0.2, 0.25) is 0 Å². The van der Waals surface area contributed by atoms with Gasteiger partial charge in [-0.25, -0.2) is 0 Å². The SMILES string of the molecule is CCCCc1ccc(Nc2c(CC)c(C)c(C#N)c3[nH]c4ccccc4[n+]23)cc1. The molecule has 0 saturated heterocycles. The van der Waals surface area contributed by atoms with Gasteiger partial charge in [-0.15, -0.1) is 0 Å². The second kappa shape index (κ2) is 7.97. The van der Waals surface area contributed by atoms with E-state index in [-0.39, 0.29) is 0 Å². The van der Waals surface area contributed by atoms with Crippen molar-refractivity contribution in [3.05, 3.63) is 70.8 Å². The van der Waals surface area contributed by atoms with E-state index in [1.807, 2.05) is 19.1 Å². The number of aromatic nitrogens is 2. The highest BCUT2D eigenvalue weighted by Gasteiger charge is 2.25. The smallest absolute Gasteiger partial charge is 0.250 e. The van der Waals surface area contributed by atoms with Crippen molar-refractivity contribution < 1.29 is 4.40 Å². The summed E-state index contributed by atoms with van der Waals surface area (Å²) in [5.41, 5.74) is 8.26. The summed E-state index contributed by atoms with van der Waals surface area (Å²) in [5.74, 6) is 1.03. The fraction of sp³-hybridized carbons (Fsp3) is 0.280. The molecule has 0 aliphatic rings. The molecule has 0 radical (unpaired) electrons. The molecule has 4 nitrogen and oxygen atoms in total. The summed E-state index contributed by atoms with van der Waals surface area (Å²) >= 11 is 0. The maximum Gasteiger partial charge on any atom is 0.250 e. The summed E-state index contributed by atoms with van der Waals surface area (Å²) in [7, 11) is 0. The number of fused-ring (bicyclic) bond motifs is 3. The van der Waals surface area contributed by atoms with Crippen LogP contribution in [0.1, 0.15) is 48.9 Å². The van der Waals surface area contributed by atoms with Gasteiger partial charge in [0.1, 0.15) is 22.7 Å². The Labute approximate surface area is 171 Å². The lowest BCUT2D eigenvalue weighted by Crippen LogP contribution is -2.28. The van der Waals surface area contributed by atoms with Crippen LogP contribution in [0.25, 0.3) is 16.7 Å². The number of benzene rings is 2. The monoisotopic (exact) mass is 383 g/mol. The second-order valence-corrected chi connectivity index (χ2v) is 7.54. The first-order valence-electron chi connectivity index (χ1n) is 10.4. The predicted octanol–water partition coefficient (Wildman–Crippen LogP) is 5.74. The molecule has 0 aliphatic heterocycles. The Morgan fingerprint density at radius 1 is 1.07 bits per heavy atom. The second-order valence-electron chi connectivity index (χ2n) is 7.54. The maximum atomic E-state index is 9.84. The standard InChI is InChI=1S/C25H26N4/c1-4-6-9-18-12-14-19(15-13-18)27-24-20(5-2)17(3)21(16-26)25-28-22-10-7-8-11-23(22)29(24)25/h7-8,10-15H,4-6,9H2,1-3H3,(H,27,28)/p+1. The molecule has 0 saturated carbocycles. The van der Waals surface area contributed by atoms with Crippen LogP contribution in [0.15, 0.2) is 48.5 Å². The molecule has 0 unspecified atom stereocenters. The van der Waals surface area contributed by atoms with Gasteiger partial charge in [-0.2, -0.15) is 9.66 Å². The van der Waals surface area contributed by atoms with Crippen molar-refractivity contribution in [2.24, 2.45) is 0 Å². The normalized spacial score (nSPS) is 11.1. The lowest BCUT2D eigenvalue weighted by molar-refractivity contribution is -0.465. The Morgan fingerprint density at radius 2 is 1.83 bits per heavy atom. The Morgan fingerprint density at radius 3 is 2.52 bits per heavy atom. The van der Waals surface area contributed by atoms with Gasteiger partial charge in [-0.05, 0) is 61.6 Å². The third-order valence-electron chi connectivity index (χ3n) is 5.70.